The highest BCUT2D eigenvalue weighted by atomic mass is 16.6. The maximum absolute atomic E-state index is 11.7. The minimum absolute atomic E-state index is 0.0352. The van der Waals surface area contributed by atoms with Crippen molar-refractivity contribution in [3.63, 3.8) is 0 Å². The first-order valence-electron chi connectivity index (χ1n) is 7.28. The Morgan fingerprint density at radius 3 is 2.67 bits per heavy atom. The molecular formula is C16H13N3O5. The van der Waals surface area contributed by atoms with Crippen molar-refractivity contribution in [1.29, 1.82) is 0 Å². The fraction of sp³-hybridized carbons (Fsp3) is 0.188. The molecule has 0 aliphatic heterocycles. The summed E-state index contributed by atoms with van der Waals surface area (Å²) in [5, 5.41) is 11.4. The van der Waals surface area contributed by atoms with E-state index >= 15 is 0 Å². The van der Waals surface area contributed by atoms with E-state index in [2.05, 4.69) is 9.97 Å². The Morgan fingerprint density at radius 2 is 2.00 bits per heavy atom. The van der Waals surface area contributed by atoms with Gasteiger partial charge in [-0.25, -0.2) is 4.79 Å². The summed E-state index contributed by atoms with van der Waals surface area (Å²) in [6, 6.07) is 6.52. The second-order valence-electron chi connectivity index (χ2n) is 5.08. The molecule has 0 atom stereocenters. The first kappa shape index (κ1) is 15.6. The molecule has 3 rings (SSSR count). The van der Waals surface area contributed by atoms with Crippen LogP contribution in [0.5, 0.6) is 11.8 Å². The van der Waals surface area contributed by atoms with Crippen molar-refractivity contribution in [2.75, 3.05) is 0 Å². The topological polar surface area (TPSA) is 108 Å². The highest BCUT2D eigenvalue weighted by Crippen LogP contribution is 2.26. The Labute approximate surface area is 135 Å². The summed E-state index contributed by atoms with van der Waals surface area (Å²) in [5.41, 5.74) is 0.679. The van der Waals surface area contributed by atoms with Crippen LogP contribution in [0.15, 0.2) is 45.9 Å². The second-order valence-corrected chi connectivity index (χ2v) is 5.08. The molecule has 0 radical (unpaired) electrons. The Hall–Kier alpha value is -3.29. The molecule has 0 saturated carbocycles. The van der Waals surface area contributed by atoms with Gasteiger partial charge in [-0.1, -0.05) is 13.3 Å². The van der Waals surface area contributed by atoms with E-state index in [-0.39, 0.29) is 11.7 Å². The Morgan fingerprint density at radius 1 is 1.25 bits per heavy atom. The summed E-state index contributed by atoms with van der Waals surface area (Å²) < 4.78 is 10.7. The van der Waals surface area contributed by atoms with E-state index in [1.807, 2.05) is 6.92 Å². The molecule has 122 valence electrons. The third kappa shape index (κ3) is 3.22. The van der Waals surface area contributed by atoms with Crippen LogP contribution >= 0.6 is 0 Å². The SMILES string of the molecule is CCCc1cc(=O)oc2cc(Oc3ncc([N+](=O)[O-])cn3)ccc12. The molecular weight excluding hydrogens is 314 g/mol. The molecule has 0 bridgehead atoms. The Balaban J connectivity index is 1.93. The highest BCUT2D eigenvalue weighted by Gasteiger charge is 2.10. The third-order valence-electron chi connectivity index (χ3n) is 3.36. The maximum atomic E-state index is 11.7. The molecule has 1 aromatic carbocycles. The van der Waals surface area contributed by atoms with Gasteiger partial charge in [-0.05, 0) is 24.1 Å². The van der Waals surface area contributed by atoms with E-state index in [1.165, 1.54) is 6.07 Å². The molecule has 8 nitrogen and oxygen atoms in total. The van der Waals surface area contributed by atoms with Crippen molar-refractivity contribution in [3.05, 3.63) is 62.8 Å². The summed E-state index contributed by atoms with van der Waals surface area (Å²) in [7, 11) is 0. The number of ether oxygens (including phenoxy) is 1. The monoisotopic (exact) mass is 327 g/mol. The van der Waals surface area contributed by atoms with Crippen LogP contribution in [0.25, 0.3) is 11.0 Å². The number of aryl methyl sites for hydroxylation is 1. The number of rotatable bonds is 5. The zero-order valence-corrected chi connectivity index (χ0v) is 12.8. The standard InChI is InChI=1S/C16H13N3O5/c1-2-3-10-6-15(20)24-14-7-12(4-5-13(10)14)23-16-17-8-11(9-18-16)19(21)22/h4-9H,2-3H2,1H3. The molecule has 24 heavy (non-hydrogen) atoms. The van der Waals surface area contributed by atoms with Crippen molar-refractivity contribution in [2.45, 2.75) is 19.8 Å². The molecule has 0 aliphatic rings. The lowest BCUT2D eigenvalue weighted by atomic mass is 10.1. The zero-order valence-electron chi connectivity index (χ0n) is 12.8. The van der Waals surface area contributed by atoms with E-state index in [4.69, 9.17) is 9.15 Å². The average Bonchev–Trinajstić information content (AvgIpc) is 2.55. The van der Waals surface area contributed by atoms with Crippen LogP contribution in [0.1, 0.15) is 18.9 Å². The summed E-state index contributed by atoms with van der Waals surface area (Å²) in [6.45, 7) is 2.03. The molecule has 0 saturated heterocycles. The van der Waals surface area contributed by atoms with Gasteiger partial charge in [0.15, 0.2) is 0 Å². The fourth-order valence-corrected chi connectivity index (χ4v) is 2.31. The molecule has 3 aromatic rings. The van der Waals surface area contributed by atoms with Gasteiger partial charge in [0, 0.05) is 17.5 Å². The summed E-state index contributed by atoms with van der Waals surface area (Å²) >= 11 is 0. The van der Waals surface area contributed by atoms with Gasteiger partial charge in [0.25, 0.3) is 0 Å². The predicted molar refractivity (Wildman–Crippen MR) is 85.2 cm³/mol. The molecule has 2 aromatic heterocycles. The van der Waals surface area contributed by atoms with Gasteiger partial charge in [-0.3, -0.25) is 10.1 Å². The van der Waals surface area contributed by atoms with Crippen molar-refractivity contribution in [1.82, 2.24) is 9.97 Å². The molecule has 8 heteroatoms. The lowest BCUT2D eigenvalue weighted by Crippen LogP contribution is -2.01. The minimum atomic E-state index is -0.594. The summed E-state index contributed by atoms with van der Waals surface area (Å²) in [6.07, 6.45) is 3.80. The van der Waals surface area contributed by atoms with Crippen molar-refractivity contribution < 1.29 is 14.1 Å². The van der Waals surface area contributed by atoms with E-state index < -0.39 is 10.5 Å². The minimum Gasteiger partial charge on any atom is -0.424 e. The lowest BCUT2D eigenvalue weighted by molar-refractivity contribution is -0.385. The zero-order chi connectivity index (χ0) is 17.1. The molecule has 0 aliphatic carbocycles. The van der Waals surface area contributed by atoms with Crippen LogP contribution in [0.2, 0.25) is 0 Å². The fourth-order valence-electron chi connectivity index (χ4n) is 2.31. The van der Waals surface area contributed by atoms with Gasteiger partial charge < -0.3 is 9.15 Å². The molecule has 0 unspecified atom stereocenters. The van der Waals surface area contributed by atoms with Gasteiger partial charge >= 0.3 is 17.3 Å². The first-order chi connectivity index (χ1) is 11.6. The van der Waals surface area contributed by atoms with Gasteiger partial charge in [0.1, 0.15) is 23.7 Å². The van der Waals surface area contributed by atoms with Gasteiger partial charge in [0.2, 0.25) is 0 Å². The van der Waals surface area contributed by atoms with Crippen molar-refractivity contribution in [3.8, 4) is 11.8 Å². The Kier molecular flexibility index (Phi) is 4.19. The highest BCUT2D eigenvalue weighted by molar-refractivity contribution is 5.81. The second kappa shape index (κ2) is 6.45. The predicted octanol–water partition coefficient (Wildman–Crippen LogP) is 3.24. The van der Waals surface area contributed by atoms with E-state index in [9.17, 15) is 14.9 Å². The van der Waals surface area contributed by atoms with Crippen LogP contribution in [0.3, 0.4) is 0 Å². The molecule has 0 N–H and O–H groups in total. The van der Waals surface area contributed by atoms with Crippen LogP contribution in [-0.2, 0) is 6.42 Å². The molecule has 2 heterocycles. The molecule has 0 amide bonds. The van der Waals surface area contributed by atoms with Gasteiger partial charge in [0.05, 0.1) is 4.92 Å². The number of nitro groups is 1. The van der Waals surface area contributed by atoms with Crippen LogP contribution in [-0.4, -0.2) is 14.9 Å². The van der Waals surface area contributed by atoms with Gasteiger partial charge in [-0.15, -0.1) is 0 Å². The van der Waals surface area contributed by atoms with Crippen LogP contribution < -0.4 is 10.4 Å². The third-order valence-corrected chi connectivity index (χ3v) is 3.36. The number of hydrogen-bond donors (Lipinski definition) is 0. The summed E-state index contributed by atoms with van der Waals surface area (Å²) in [4.78, 5) is 29.2. The quantitative estimate of drug-likeness (QED) is 0.402. The average molecular weight is 327 g/mol. The number of fused-ring (bicyclic) bond motifs is 1. The number of hydrogen-bond acceptors (Lipinski definition) is 7. The summed E-state index contributed by atoms with van der Waals surface area (Å²) in [5.74, 6) is 0.369. The lowest BCUT2D eigenvalue weighted by Gasteiger charge is -2.07. The molecule has 0 spiro atoms. The number of aromatic nitrogens is 2. The van der Waals surface area contributed by atoms with E-state index in [0.717, 1.165) is 36.2 Å². The van der Waals surface area contributed by atoms with Crippen LogP contribution in [0.4, 0.5) is 5.69 Å². The number of benzene rings is 1. The van der Waals surface area contributed by atoms with Gasteiger partial charge in [-0.2, -0.15) is 9.97 Å². The van der Waals surface area contributed by atoms with Crippen molar-refractivity contribution >= 4 is 16.7 Å². The number of nitrogens with zero attached hydrogens (tertiary/aromatic N) is 3. The largest absolute Gasteiger partial charge is 0.424 e. The van der Waals surface area contributed by atoms with E-state index in [1.54, 1.807) is 18.2 Å². The normalized spacial score (nSPS) is 10.7. The van der Waals surface area contributed by atoms with Crippen LogP contribution in [0, 0.1) is 10.1 Å². The first-order valence-corrected chi connectivity index (χ1v) is 7.28. The maximum Gasteiger partial charge on any atom is 0.336 e. The molecule has 0 fully saturated rings. The van der Waals surface area contributed by atoms with Crippen molar-refractivity contribution in [2.24, 2.45) is 0 Å². The Bertz CT molecular complexity index is 950. The smallest absolute Gasteiger partial charge is 0.336 e. The van der Waals surface area contributed by atoms with E-state index in [0.29, 0.717) is 11.3 Å².